The summed E-state index contributed by atoms with van der Waals surface area (Å²) < 4.78 is 5.52. The molecule has 566 valence electrons. The summed E-state index contributed by atoms with van der Waals surface area (Å²) in [7, 11) is 0. The number of aliphatic hydroxyl groups is 2. The third-order valence-corrected chi connectivity index (χ3v) is 21.3. The van der Waals surface area contributed by atoms with E-state index in [4.69, 9.17) is 4.74 Å². The first-order chi connectivity index (χ1) is 47.0. The van der Waals surface area contributed by atoms with E-state index in [0.29, 0.717) is 19.4 Å². The van der Waals surface area contributed by atoms with Crippen molar-refractivity contribution in [3.05, 3.63) is 12.2 Å². The Balaban J connectivity index is 3.30. The zero-order valence-electron chi connectivity index (χ0n) is 65.2. The van der Waals surface area contributed by atoms with Crippen molar-refractivity contribution in [1.29, 1.82) is 0 Å². The van der Waals surface area contributed by atoms with Gasteiger partial charge in [0, 0.05) is 12.8 Å². The van der Waals surface area contributed by atoms with Crippen molar-refractivity contribution in [3.63, 3.8) is 0 Å². The second-order valence-corrected chi connectivity index (χ2v) is 30.9. The molecule has 0 radical (unpaired) electrons. The number of carbonyl (C=O) groups is 2. The lowest BCUT2D eigenvalue weighted by Gasteiger charge is -2.20. The van der Waals surface area contributed by atoms with Crippen molar-refractivity contribution in [3.8, 4) is 0 Å². The Morgan fingerprint density at radius 1 is 0.284 bits per heavy atom. The molecule has 2 atom stereocenters. The minimum atomic E-state index is -0.841. The van der Waals surface area contributed by atoms with Crippen LogP contribution in [-0.4, -0.2) is 47.4 Å². The highest BCUT2D eigenvalue weighted by molar-refractivity contribution is 5.76. The molecule has 95 heavy (non-hydrogen) atoms. The molecule has 0 heterocycles. The predicted octanol–water partition coefficient (Wildman–Crippen LogP) is 29.8. The monoisotopic (exact) mass is 1340 g/mol. The van der Waals surface area contributed by atoms with Crippen molar-refractivity contribution in [2.75, 3.05) is 13.2 Å². The summed E-state index contributed by atoms with van der Waals surface area (Å²) in [6, 6.07) is -0.624. The highest BCUT2D eigenvalue weighted by Crippen LogP contribution is 2.21. The van der Waals surface area contributed by atoms with Gasteiger partial charge in [-0.2, -0.15) is 0 Å². The van der Waals surface area contributed by atoms with Gasteiger partial charge in [0.15, 0.2) is 0 Å². The zero-order valence-corrected chi connectivity index (χ0v) is 65.2. The number of carbonyl (C=O) groups excluding carboxylic acids is 2. The molecule has 0 aromatic rings. The fraction of sp³-hybridized carbons (Fsp3) is 0.955. The van der Waals surface area contributed by atoms with Crippen molar-refractivity contribution in [1.82, 2.24) is 5.32 Å². The van der Waals surface area contributed by atoms with Crippen LogP contribution in [0.3, 0.4) is 0 Å². The van der Waals surface area contributed by atoms with Gasteiger partial charge in [-0.05, 0) is 32.1 Å². The van der Waals surface area contributed by atoms with Gasteiger partial charge in [-0.1, -0.05) is 488 Å². The average Bonchev–Trinajstić information content (AvgIpc) is 2.82. The normalized spacial score (nSPS) is 12.4. The van der Waals surface area contributed by atoms with Crippen LogP contribution in [0.1, 0.15) is 521 Å². The molecule has 0 fully saturated rings. The molecular formula is C89H175NO5. The number of unbranched alkanes of at least 4 members (excludes halogenated alkanes) is 74. The molecule has 6 nitrogen and oxygen atoms in total. The fourth-order valence-corrected chi connectivity index (χ4v) is 14.6. The topological polar surface area (TPSA) is 95.9 Å². The fourth-order valence-electron chi connectivity index (χ4n) is 14.6. The largest absolute Gasteiger partial charge is 0.466 e. The number of esters is 1. The summed E-state index contributed by atoms with van der Waals surface area (Å²) in [5, 5.41) is 23.3. The number of allylic oxidation sites excluding steroid dienone is 1. The Morgan fingerprint density at radius 2 is 0.484 bits per heavy atom. The highest BCUT2D eigenvalue weighted by atomic mass is 16.5. The molecule has 6 heteroatoms. The summed E-state index contributed by atoms with van der Waals surface area (Å²) in [5.74, 6) is -0.0266. The maximum absolute atomic E-state index is 12.6. The van der Waals surface area contributed by atoms with Crippen LogP contribution >= 0.6 is 0 Å². The summed E-state index contributed by atoms with van der Waals surface area (Å²) in [5.41, 5.74) is 0. The van der Waals surface area contributed by atoms with Crippen LogP contribution in [0.25, 0.3) is 0 Å². The van der Waals surface area contributed by atoms with Gasteiger partial charge in [0.25, 0.3) is 0 Å². The quantitative estimate of drug-likeness (QED) is 0.0320. The Labute approximate surface area is 597 Å². The zero-order chi connectivity index (χ0) is 68.4. The molecule has 3 N–H and O–H groups in total. The lowest BCUT2D eigenvalue weighted by atomic mass is 10.0. The summed E-state index contributed by atoms with van der Waals surface area (Å²) >= 11 is 0. The first-order valence-electron chi connectivity index (χ1n) is 44.5. The van der Waals surface area contributed by atoms with E-state index in [1.807, 2.05) is 6.08 Å². The van der Waals surface area contributed by atoms with E-state index in [-0.39, 0.29) is 18.5 Å². The Morgan fingerprint density at radius 3 is 0.716 bits per heavy atom. The molecule has 0 aromatic carbocycles. The van der Waals surface area contributed by atoms with Gasteiger partial charge in [0.2, 0.25) is 5.91 Å². The Bertz CT molecular complexity index is 1450. The van der Waals surface area contributed by atoms with Crippen LogP contribution in [0.2, 0.25) is 0 Å². The standard InChI is InChI=1S/C89H175NO5/c1-3-5-7-9-11-13-15-17-19-21-22-23-43-46-50-53-57-61-65-69-73-77-81-87(92)86(85-91)90-88(93)82-78-74-70-66-62-58-54-51-47-44-41-39-37-35-33-31-29-27-25-24-26-28-30-32-34-36-38-40-42-45-48-52-56-60-64-68-72-76-80-84-95-89(94)83-79-75-71-67-63-59-55-49-20-18-16-14-12-10-8-6-4-2/h77,81,86-87,91-92H,3-76,78-80,82-85H2,1-2H3,(H,90,93)/b81-77+. The van der Waals surface area contributed by atoms with E-state index in [0.717, 1.165) is 38.5 Å². The molecule has 0 bridgehead atoms. The molecule has 0 rings (SSSR count). The van der Waals surface area contributed by atoms with Gasteiger partial charge >= 0.3 is 5.97 Å². The van der Waals surface area contributed by atoms with Crippen LogP contribution in [0.15, 0.2) is 12.2 Å². The van der Waals surface area contributed by atoms with E-state index >= 15 is 0 Å². The number of nitrogens with one attached hydrogen (secondary N) is 1. The van der Waals surface area contributed by atoms with Crippen LogP contribution in [0, 0.1) is 0 Å². The van der Waals surface area contributed by atoms with Crippen LogP contribution in [-0.2, 0) is 14.3 Å². The Kier molecular flexibility index (Phi) is 83.8. The molecule has 0 aliphatic heterocycles. The predicted molar refractivity (Wildman–Crippen MR) is 421 cm³/mol. The number of amides is 1. The third kappa shape index (κ3) is 81.5. The van der Waals surface area contributed by atoms with E-state index < -0.39 is 12.1 Å². The smallest absolute Gasteiger partial charge is 0.305 e. The molecule has 0 saturated carbocycles. The van der Waals surface area contributed by atoms with Crippen LogP contribution in [0.5, 0.6) is 0 Å². The van der Waals surface area contributed by atoms with E-state index in [1.165, 1.54) is 456 Å². The average molecular weight is 1340 g/mol. The first kappa shape index (κ1) is 93.6. The number of hydrogen-bond donors (Lipinski definition) is 3. The minimum Gasteiger partial charge on any atom is -0.466 e. The number of rotatable bonds is 85. The number of hydrogen-bond acceptors (Lipinski definition) is 5. The molecular weight excluding hydrogens is 1160 g/mol. The van der Waals surface area contributed by atoms with Gasteiger partial charge in [-0.25, -0.2) is 0 Å². The molecule has 1 amide bonds. The van der Waals surface area contributed by atoms with Gasteiger partial charge < -0.3 is 20.3 Å². The molecule has 0 spiro atoms. The van der Waals surface area contributed by atoms with Crippen molar-refractivity contribution < 1.29 is 24.5 Å². The third-order valence-electron chi connectivity index (χ3n) is 21.3. The number of aliphatic hydroxyl groups excluding tert-OH is 2. The van der Waals surface area contributed by atoms with E-state index in [2.05, 4.69) is 19.2 Å². The maximum Gasteiger partial charge on any atom is 0.305 e. The first-order valence-corrected chi connectivity index (χ1v) is 44.5. The lowest BCUT2D eigenvalue weighted by molar-refractivity contribution is -0.143. The summed E-state index contributed by atoms with van der Waals surface area (Å²) in [6.07, 6.45) is 110. The van der Waals surface area contributed by atoms with Crippen molar-refractivity contribution in [2.45, 2.75) is 533 Å². The second-order valence-electron chi connectivity index (χ2n) is 30.9. The van der Waals surface area contributed by atoms with Crippen molar-refractivity contribution >= 4 is 11.9 Å². The summed E-state index contributed by atoms with van der Waals surface area (Å²) in [4.78, 5) is 24.7. The van der Waals surface area contributed by atoms with Gasteiger partial charge in [-0.15, -0.1) is 0 Å². The Hall–Kier alpha value is -1.40. The minimum absolute atomic E-state index is 0.0293. The highest BCUT2D eigenvalue weighted by Gasteiger charge is 2.18. The maximum atomic E-state index is 12.6. The molecule has 0 saturated heterocycles. The SMILES string of the molecule is CCCCCCCCCCCCCCCCCCCCCC/C=C/C(O)C(CO)NC(=O)CCCCCCCCCCCCCCCCCCCCCCCCCCCCCCCCCCCCCCCCCOC(=O)CCCCCCCCCCCCCCCCCCC. The molecule has 0 aliphatic rings. The van der Waals surface area contributed by atoms with Crippen molar-refractivity contribution in [2.24, 2.45) is 0 Å². The second kappa shape index (κ2) is 85.0. The number of ether oxygens (including phenoxy) is 1. The van der Waals surface area contributed by atoms with E-state index in [9.17, 15) is 19.8 Å². The summed E-state index contributed by atoms with van der Waals surface area (Å²) in [6.45, 7) is 4.98. The molecule has 2 unspecified atom stereocenters. The van der Waals surface area contributed by atoms with Crippen LogP contribution in [0.4, 0.5) is 0 Å². The van der Waals surface area contributed by atoms with Crippen LogP contribution < -0.4 is 5.32 Å². The lowest BCUT2D eigenvalue weighted by Crippen LogP contribution is -2.45. The molecule has 0 aromatic heterocycles. The van der Waals surface area contributed by atoms with E-state index in [1.54, 1.807) is 6.08 Å². The molecule has 0 aliphatic carbocycles. The van der Waals surface area contributed by atoms with Gasteiger partial charge in [-0.3, -0.25) is 9.59 Å². The van der Waals surface area contributed by atoms with Gasteiger partial charge in [0.05, 0.1) is 25.4 Å². The van der Waals surface area contributed by atoms with Gasteiger partial charge in [0.1, 0.15) is 0 Å².